The molecule has 1 aromatic carbocycles. The standard InChI is InChI=1S/C24H28N4O3/c1-2-28-21-9-8-19(12-22(21)31-24(28)30)26-23(29)15-27-13-17-7-6-16(20(17)14-27)11-18-5-3-4-10-25-18/h3-5,8-10,12,16-17,20H,2,6-7,11,13-15H2,1H3,(H,26,29)/t16-,17-,20-/m1/s1. The van der Waals surface area contributed by atoms with E-state index < -0.39 is 0 Å². The first-order valence-electron chi connectivity index (χ1n) is 11.2. The molecule has 1 aliphatic carbocycles. The normalized spacial score (nSPS) is 23.3. The lowest BCUT2D eigenvalue weighted by atomic mass is 9.89. The van der Waals surface area contributed by atoms with Crippen molar-refractivity contribution in [1.82, 2.24) is 14.5 Å². The summed E-state index contributed by atoms with van der Waals surface area (Å²) in [5.74, 6) is 1.58. The number of anilines is 1. The van der Waals surface area contributed by atoms with Crippen molar-refractivity contribution in [2.24, 2.45) is 17.8 Å². The van der Waals surface area contributed by atoms with Crippen LogP contribution in [-0.2, 0) is 17.8 Å². The average molecular weight is 421 g/mol. The molecule has 1 N–H and O–H groups in total. The highest BCUT2D eigenvalue weighted by atomic mass is 16.4. The van der Waals surface area contributed by atoms with Gasteiger partial charge in [-0.2, -0.15) is 0 Å². The van der Waals surface area contributed by atoms with Gasteiger partial charge in [-0.15, -0.1) is 0 Å². The van der Waals surface area contributed by atoms with Gasteiger partial charge in [-0.05, 0) is 68.2 Å². The summed E-state index contributed by atoms with van der Waals surface area (Å²) in [7, 11) is 0. The van der Waals surface area contributed by atoms with Gasteiger partial charge in [-0.1, -0.05) is 6.07 Å². The highest BCUT2D eigenvalue weighted by molar-refractivity contribution is 5.94. The molecule has 31 heavy (non-hydrogen) atoms. The third kappa shape index (κ3) is 4.02. The largest absolute Gasteiger partial charge is 0.419 e. The van der Waals surface area contributed by atoms with Crippen LogP contribution in [0.25, 0.3) is 11.1 Å². The third-order valence-corrected chi connectivity index (χ3v) is 6.91. The molecule has 2 aliphatic rings. The number of amides is 1. The molecule has 5 rings (SSSR count). The second-order valence-electron chi connectivity index (χ2n) is 8.82. The predicted octanol–water partition coefficient (Wildman–Crippen LogP) is 3.15. The minimum Gasteiger partial charge on any atom is -0.408 e. The van der Waals surface area contributed by atoms with E-state index in [0.29, 0.717) is 42.1 Å². The van der Waals surface area contributed by atoms with Crippen molar-refractivity contribution in [3.05, 3.63) is 58.8 Å². The highest BCUT2D eigenvalue weighted by Gasteiger charge is 2.42. The van der Waals surface area contributed by atoms with Gasteiger partial charge in [0.1, 0.15) is 0 Å². The van der Waals surface area contributed by atoms with E-state index in [2.05, 4.69) is 27.3 Å². The molecule has 3 atom stereocenters. The van der Waals surface area contributed by atoms with Gasteiger partial charge < -0.3 is 9.73 Å². The lowest BCUT2D eigenvalue weighted by molar-refractivity contribution is -0.117. The van der Waals surface area contributed by atoms with Crippen LogP contribution in [0.5, 0.6) is 0 Å². The first-order valence-corrected chi connectivity index (χ1v) is 11.2. The number of hydrogen-bond donors (Lipinski definition) is 1. The number of benzene rings is 1. The van der Waals surface area contributed by atoms with E-state index in [1.54, 1.807) is 10.6 Å². The molecule has 162 valence electrons. The van der Waals surface area contributed by atoms with Gasteiger partial charge >= 0.3 is 5.76 Å². The number of aromatic nitrogens is 2. The molecule has 1 amide bonds. The van der Waals surface area contributed by atoms with Crippen LogP contribution in [0.3, 0.4) is 0 Å². The second kappa shape index (κ2) is 8.30. The van der Waals surface area contributed by atoms with Crippen molar-refractivity contribution in [3.63, 3.8) is 0 Å². The van der Waals surface area contributed by atoms with Gasteiger partial charge in [0.2, 0.25) is 5.91 Å². The van der Waals surface area contributed by atoms with E-state index in [1.165, 1.54) is 18.5 Å². The fraction of sp³-hybridized carbons (Fsp3) is 0.458. The number of hydrogen-bond acceptors (Lipinski definition) is 5. The number of likely N-dealkylation sites (tertiary alicyclic amines) is 1. The topological polar surface area (TPSA) is 80.4 Å². The minimum absolute atomic E-state index is 0.0297. The van der Waals surface area contributed by atoms with E-state index in [1.807, 2.05) is 31.3 Å². The predicted molar refractivity (Wildman–Crippen MR) is 119 cm³/mol. The van der Waals surface area contributed by atoms with E-state index in [4.69, 9.17) is 4.42 Å². The van der Waals surface area contributed by atoms with Gasteiger partial charge in [-0.3, -0.25) is 19.2 Å². The van der Waals surface area contributed by atoms with Crippen LogP contribution in [0.1, 0.15) is 25.5 Å². The summed E-state index contributed by atoms with van der Waals surface area (Å²) >= 11 is 0. The zero-order valence-corrected chi connectivity index (χ0v) is 17.8. The first kappa shape index (κ1) is 20.0. The molecule has 0 unspecified atom stereocenters. The Kier molecular flexibility index (Phi) is 5.36. The van der Waals surface area contributed by atoms with E-state index >= 15 is 0 Å². The van der Waals surface area contributed by atoms with Crippen molar-refractivity contribution in [1.29, 1.82) is 0 Å². The van der Waals surface area contributed by atoms with Gasteiger partial charge in [-0.25, -0.2) is 4.79 Å². The number of nitrogens with one attached hydrogen (secondary N) is 1. The number of rotatable bonds is 6. The molecule has 7 nitrogen and oxygen atoms in total. The molecule has 1 saturated heterocycles. The lowest BCUT2D eigenvalue weighted by Crippen LogP contribution is -2.32. The van der Waals surface area contributed by atoms with E-state index in [-0.39, 0.29) is 11.7 Å². The number of oxazole rings is 1. The number of fused-ring (bicyclic) bond motifs is 2. The van der Waals surface area contributed by atoms with Crippen LogP contribution in [0.2, 0.25) is 0 Å². The number of nitrogens with zero attached hydrogens (tertiary/aromatic N) is 3. The zero-order valence-electron chi connectivity index (χ0n) is 17.8. The van der Waals surface area contributed by atoms with Crippen molar-refractivity contribution < 1.29 is 9.21 Å². The molecule has 2 aromatic heterocycles. The summed E-state index contributed by atoms with van der Waals surface area (Å²) in [5, 5.41) is 2.96. The number of aryl methyl sites for hydroxylation is 1. The first-order chi connectivity index (χ1) is 15.1. The molecule has 7 heteroatoms. The second-order valence-corrected chi connectivity index (χ2v) is 8.82. The summed E-state index contributed by atoms with van der Waals surface area (Å²) in [4.78, 5) is 31.3. The Morgan fingerprint density at radius 2 is 2.13 bits per heavy atom. The monoisotopic (exact) mass is 420 g/mol. The summed E-state index contributed by atoms with van der Waals surface area (Å²) in [6.45, 7) is 4.81. The number of carbonyl (C=O) groups excluding carboxylic acids is 1. The lowest BCUT2D eigenvalue weighted by Gasteiger charge is -2.20. The average Bonchev–Trinajstić information content (AvgIpc) is 3.41. The van der Waals surface area contributed by atoms with Crippen molar-refractivity contribution in [2.75, 3.05) is 25.0 Å². The van der Waals surface area contributed by atoms with Crippen LogP contribution in [0.15, 0.2) is 51.8 Å². The van der Waals surface area contributed by atoms with Gasteiger partial charge in [0.25, 0.3) is 0 Å². The third-order valence-electron chi connectivity index (χ3n) is 6.91. The van der Waals surface area contributed by atoms with Gasteiger partial charge in [0, 0.05) is 43.3 Å². The van der Waals surface area contributed by atoms with E-state index in [9.17, 15) is 9.59 Å². The molecule has 0 radical (unpaired) electrons. The molecule has 3 aromatic rings. The maximum absolute atomic E-state index is 12.7. The smallest absolute Gasteiger partial charge is 0.408 e. The zero-order chi connectivity index (χ0) is 21.4. The van der Waals surface area contributed by atoms with Gasteiger partial charge in [0.15, 0.2) is 5.58 Å². The van der Waals surface area contributed by atoms with Crippen molar-refractivity contribution in [3.8, 4) is 0 Å². The van der Waals surface area contributed by atoms with E-state index in [0.717, 1.165) is 25.0 Å². The number of pyridine rings is 1. The Balaban J connectivity index is 1.19. The van der Waals surface area contributed by atoms with Crippen molar-refractivity contribution >= 4 is 22.7 Å². The molecule has 0 bridgehead atoms. The Hall–Kier alpha value is -2.93. The van der Waals surface area contributed by atoms with Crippen LogP contribution < -0.4 is 11.1 Å². The molecule has 0 spiro atoms. The molecule has 1 aliphatic heterocycles. The summed E-state index contributed by atoms with van der Waals surface area (Å²) in [6.07, 6.45) is 5.40. The number of carbonyl (C=O) groups is 1. The van der Waals surface area contributed by atoms with Gasteiger partial charge in [0.05, 0.1) is 12.1 Å². The Morgan fingerprint density at radius 3 is 2.94 bits per heavy atom. The highest BCUT2D eigenvalue weighted by Crippen LogP contribution is 2.43. The van der Waals surface area contributed by atoms with Crippen LogP contribution in [-0.4, -0.2) is 40.0 Å². The van der Waals surface area contributed by atoms with Crippen LogP contribution in [0.4, 0.5) is 5.69 Å². The van der Waals surface area contributed by atoms with Crippen molar-refractivity contribution in [2.45, 2.75) is 32.7 Å². The SMILES string of the molecule is CCn1c(=O)oc2cc(NC(=O)CN3C[C@H]4CC[C@H](Cc5ccccn5)[C@H]4C3)ccc21. The molecule has 2 fully saturated rings. The molecular weight excluding hydrogens is 392 g/mol. The fourth-order valence-electron chi connectivity index (χ4n) is 5.49. The van der Waals surface area contributed by atoms with Crippen LogP contribution in [0, 0.1) is 17.8 Å². The summed E-state index contributed by atoms with van der Waals surface area (Å²) < 4.78 is 6.87. The molecular formula is C24H28N4O3. The fourth-order valence-corrected chi connectivity index (χ4v) is 5.49. The Labute approximate surface area is 181 Å². The van der Waals surface area contributed by atoms with Crippen LogP contribution >= 0.6 is 0 Å². The maximum atomic E-state index is 12.7. The molecule has 3 heterocycles. The molecule has 1 saturated carbocycles. The minimum atomic E-state index is -0.371. The Bertz CT molecular complexity index is 1140. The summed E-state index contributed by atoms with van der Waals surface area (Å²) in [5.41, 5.74) is 3.07. The maximum Gasteiger partial charge on any atom is 0.419 e. The quantitative estimate of drug-likeness (QED) is 0.663. The summed E-state index contributed by atoms with van der Waals surface area (Å²) in [6, 6.07) is 11.5. The Morgan fingerprint density at radius 1 is 1.23 bits per heavy atom.